The van der Waals surface area contributed by atoms with Crippen molar-refractivity contribution in [2.75, 3.05) is 6.54 Å². The maximum absolute atomic E-state index is 14.1. The van der Waals surface area contributed by atoms with Crippen LogP contribution >= 0.6 is 0 Å². The molecule has 7 rings (SSSR count). The van der Waals surface area contributed by atoms with E-state index in [0.717, 1.165) is 31.3 Å². The van der Waals surface area contributed by atoms with E-state index in [2.05, 4.69) is 25.7 Å². The molecule has 1 spiro atoms. The number of aliphatic hydroxyl groups excluding tert-OH is 1. The minimum absolute atomic E-state index is 0.00332. The largest absolute Gasteiger partial charge is 0.440 e. The molecule has 6 fully saturated rings. The van der Waals surface area contributed by atoms with Crippen LogP contribution in [-0.4, -0.2) is 57.7 Å². The molecule has 36 heavy (non-hydrogen) atoms. The highest BCUT2D eigenvalue weighted by atomic mass is 16.6. The third-order valence-corrected chi connectivity index (χ3v) is 12.4. The summed E-state index contributed by atoms with van der Waals surface area (Å²) < 4.78 is 13.2. The van der Waals surface area contributed by atoms with Gasteiger partial charge >= 0.3 is 5.97 Å². The van der Waals surface area contributed by atoms with Crippen molar-refractivity contribution in [3.8, 4) is 0 Å². The maximum atomic E-state index is 14.1. The maximum Gasteiger partial charge on any atom is 0.308 e. The number of carbonyl (C=O) groups excluding carboxylic acids is 3. The van der Waals surface area contributed by atoms with Gasteiger partial charge in [0.15, 0.2) is 5.78 Å². The van der Waals surface area contributed by atoms with E-state index >= 15 is 0 Å². The van der Waals surface area contributed by atoms with E-state index < -0.39 is 45.6 Å². The number of carbonyl (C=O) groups is 3. The number of ether oxygens (including phenoxy) is 2. The first-order valence-electron chi connectivity index (χ1n) is 13.9. The zero-order valence-corrected chi connectivity index (χ0v) is 22.1. The molecule has 2 saturated carbocycles. The van der Waals surface area contributed by atoms with Crippen molar-refractivity contribution < 1.29 is 29.0 Å². The Labute approximate surface area is 212 Å². The van der Waals surface area contributed by atoms with Crippen molar-refractivity contribution in [2.45, 2.75) is 103 Å². The summed E-state index contributed by atoms with van der Waals surface area (Å²) in [6.45, 7) is 11.1. The summed E-state index contributed by atoms with van der Waals surface area (Å²) in [5.74, 6) is -0.953. The SMILES string of the molecule is CC1=CC(=O)[C@H]2CC(=O)[C@H]3[C@](C)([C@@H]2C1)[C@H](O)[C@@]12OC(=O)C[C@]3(C)[C@]1(C)CCC13C[C@@H](C)C[C@H](CN12)O3. The molecule has 0 aromatic rings. The van der Waals surface area contributed by atoms with Crippen LogP contribution in [0.2, 0.25) is 0 Å². The van der Waals surface area contributed by atoms with Crippen LogP contribution in [0, 0.1) is 39.9 Å². The highest BCUT2D eigenvalue weighted by Gasteiger charge is 2.85. The Bertz CT molecular complexity index is 1130. The summed E-state index contributed by atoms with van der Waals surface area (Å²) in [6, 6.07) is 0. The van der Waals surface area contributed by atoms with Gasteiger partial charge in [-0.3, -0.25) is 14.4 Å². The van der Waals surface area contributed by atoms with Crippen LogP contribution in [0.5, 0.6) is 0 Å². The van der Waals surface area contributed by atoms with E-state index in [9.17, 15) is 19.5 Å². The van der Waals surface area contributed by atoms with Gasteiger partial charge in [0.2, 0.25) is 5.72 Å². The topological polar surface area (TPSA) is 93.1 Å². The third kappa shape index (κ3) is 2.32. The van der Waals surface area contributed by atoms with E-state index in [-0.39, 0.29) is 42.4 Å². The van der Waals surface area contributed by atoms with Gasteiger partial charge in [-0.1, -0.05) is 33.3 Å². The van der Waals surface area contributed by atoms with Gasteiger partial charge in [-0.25, -0.2) is 4.90 Å². The van der Waals surface area contributed by atoms with Gasteiger partial charge in [0.25, 0.3) is 0 Å². The number of hydrogen-bond acceptors (Lipinski definition) is 7. The van der Waals surface area contributed by atoms with Gasteiger partial charge < -0.3 is 14.6 Å². The third-order valence-electron chi connectivity index (χ3n) is 12.4. The van der Waals surface area contributed by atoms with Gasteiger partial charge in [0.1, 0.15) is 17.6 Å². The number of piperidine rings is 1. The van der Waals surface area contributed by atoms with Crippen LogP contribution in [0.1, 0.15) is 79.6 Å². The van der Waals surface area contributed by atoms with Crippen LogP contribution < -0.4 is 0 Å². The molecule has 0 aromatic heterocycles. The van der Waals surface area contributed by atoms with Crippen molar-refractivity contribution >= 4 is 17.5 Å². The molecule has 0 aromatic carbocycles. The molecule has 7 heteroatoms. The zero-order chi connectivity index (χ0) is 25.6. The average molecular weight is 498 g/mol. The molecule has 0 amide bonds. The van der Waals surface area contributed by atoms with Crippen molar-refractivity contribution in [2.24, 2.45) is 39.9 Å². The number of rotatable bonds is 0. The second-order valence-electron chi connectivity index (χ2n) is 14.1. The number of allylic oxidation sites excluding steroid dienone is 2. The molecule has 4 saturated heterocycles. The van der Waals surface area contributed by atoms with Crippen molar-refractivity contribution in [1.29, 1.82) is 0 Å². The van der Waals surface area contributed by atoms with Gasteiger partial charge in [0, 0.05) is 35.6 Å². The molecule has 1 unspecified atom stereocenters. The number of Topliss-reactive ketones (excluding diaryl/α,β-unsaturated/α-hetero) is 1. The van der Waals surface area contributed by atoms with Crippen LogP contribution in [0.15, 0.2) is 11.6 Å². The van der Waals surface area contributed by atoms with Crippen molar-refractivity contribution in [3.05, 3.63) is 11.6 Å². The van der Waals surface area contributed by atoms with E-state index in [1.807, 2.05) is 13.8 Å². The Morgan fingerprint density at radius 3 is 2.61 bits per heavy atom. The average Bonchev–Trinajstić information content (AvgIpc) is 3.06. The van der Waals surface area contributed by atoms with Gasteiger partial charge in [0.05, 0.1) is 12.5 Å². The van der Waals surface area contributed by atoms with E-state index in [1.165, 1.54) is 0 Å². The fraction of sp³-hybridized carbons (Fsp3) is 0.828. The minimum atomic E-state index is -1.29. The predicted octanol–water partition coefficient (Wildman–Crippen LogP) is 3.38. The Balaban J connectivity index is 1.48. The number of ketones is 2. The molecule has 7 aliphatic rings. The summed E-state index contributed by atoms with van der Waals surface area (Å²) in [5, 5.41) is 12.8. The molecule has 196 valence electrons. The van der Waals surface area contributed by atoms with Crippen LogP contribution in [0.3, 0.4) is 0 Å². The highest BCUT2D eigenvalue weighted by molar-refractivity contribution is 5.99. The Hall–Kier alpha value is -1.57. The minimum Gasteiger partial charge on any atom is -0.440 e. The smallest absolute Gasteiger partial charge is 0.308 e. The fourth-order valence-electron chi connectivity index (χ4n) is 11.0. The Morgan fingerprint density at radius 1 is 1.11 bits per heavy atom. The van der Waals surface area contributed by atoms with Crippen LogP contribution in [0.4, 0.5) is 0 Å². The molecular formula is C29H39NO6. The molecule has 11 atom stereocenters. The highest BCUT2D eigenvalue weighted by Crippen LogP contribution is 2.77. The summed E-state index contributed by atoms with van der Waals surface area (Å²) in [5.41, 5.74) is -3.09. The first-order valence-corrected chi connectivity index (χ1v) is 13.9. The molecule has 4 heterocycles. The summed E-state index contributed by atoms with van der Waals surface area (Å²) in [7, 11) is 0. The van der Waals surface area contributed by atoms with Gasteiger partial charge in [-0.15, -0.1) is 0 Å². The number of nitrogens with zero attached hydrogens (tertiary/aromatic N) is 1. The first kappa shape index (κ1) is 23.5. The van der Waals surface area contributed by atoms with Gasteiger partial charge in [-0.05, 0) is 62.4 Å². The fourth-order valence-corrected chi connectivity index (χ4v) is 11.0. The quantitative estimate of drug-likeness (QED) is 0.513. The van der Waals surface area contributed by atoms with E-state index in [1.54, 1.807) is 6.08 Å². The van der Waals surface area contributed by atoms with E-state index in [0.29, 0.717) is 18.9 Å². The van der Waals surface area contributed by atoms with Crippen LogP contribution in [0.25, 0.3) is 0 Å². The monoisotopic (exact) mass is 497 g/mol. The Morgan fingerprint density at radius 2 is 1.86 bits per heavy atom. The van der Waals surface area contributed by atoms with Crippen molar-refractivity contribution in [1.82, 2.24) is 4.90 Å². The number of fused-ring (bicyclic) bond motifs is 5. The number of esters is 1. The second-order valence-corrected chi connectivity index (χ2v) is 14.1. The van der Waals surface area contributed by atoms with Crippen molar-refractivity contribution in [3.63, 3.8) is 0 Å². The van der Waals surface area contributed by atoms with Gasteiger partial charge in [-0.2, -0.15) is 0 Å². The number of hydrogen-bond donors (Lipinski definition) is 1. The number of aliphatic hydroxyl groups is 1. The second kappa shape index (κ2) is 6.70. The normalized spacial score (nSPS) is 57.7. The molecule has 4 aliphatic heterocycles. The lowest BCUT2D eigenvalue weighted by molar-refractivity contribution is -0.411. The lowest BCUT2D eigenvalue weighted by atomic mass is 9.33. The predicted molar refractivity (Wildman–Crippen MR) is 129 cm³/mol. The molecule has 7 nitrogen and oxygen atoms in total. The van der Waals surface area contributed by atoms with E-state index in [4.69, 9.17) is 9.47 Å². The summed E-state index contributed by atoms with van der Waals surface area (Å²) >= 11 is 0. The van der Waals surface area contributed by atoms with Crippen LogP contribution in [-0.2, 0) is 23.9 Å². The lowest BCUT2D eigenvalue weighted by Gasteiger charge is -2.77. The molecular weight excluding hydrogens is 458 g/mol. The molecule has 4 bridgehead atoms. The zero-order valence-electron chi connectivity index (χ0n) is 22.1. The molecule has 0 radical (unpaired) electrons. The molecule has 1 N–H and O–H groups in total. The standard InChI is InChI=1S/C29H39NO6/c1-15-9-19-18(20(31)10-15)11-21(32)23-25(3)13-22(33)36-29(24(34)27(19,23)5)26(25,4)6-7-28-12-16(2)8-17(35-28)14-30(28)29/h10,16-19,23-24,34H,6-9,11-14H2,1-5H3/t16-,17+,18-,19+,23+,24-,25-,26-,27-,28?,29+/m0/s1. The molecule has 3 aliphatic carbocycles. The first-order chi connectivity index (χ1) is 16.8. The lowest BCUT2D eigenvalue weighted by Crippen LogP contribution is -2.87. The summed E-state index contributed by atoms with van der Waals surface area (Å²) in [4.78, 5) is 42.9. The Kier molecular flexibility index (Phi) is 4.38. The summed E-state index contributed by atoms with van der Waals surface area (Å²) in [6.07, 6.45) is 4.96.